The Bertz CT molecular complexity index is 133. The molecule has 0 spiro atoms. The third kappa shape index (κ3) is 2.83. The van der Waals surface area contributed by atoms with E-state index in [1.54, 1.807) is 0 Å². The molecular formula is C9H15Pt. The third-order valence-corrected chi connectivity index (χ3v) is 4.50. The zero-order valence-electron chi connectivity index (χ0n) is 6.62. The van der Waals surface area contributed by atoms with Gasteiger partial charge in [-0.2, -0.15) is 0 Å². The van der Waals surface area contributed by atoms with Crippen molar-refractivity contribution in [1.82, 2.24) is 0 Å². The first kappa shape index (κ1) is 8.27. The number of rotatable bonds is 3. The number of allylic oxidation sites excluding steroid dienone is 4. The molecule has 0 aromatic rings. The van der Waals surface area contributed by atoms with Crippen LogP contribution >= 0.6 is 0 Å². The van der Waals surface area contributed by atoms with E-state index in [9.17, 15) is 0 Å². The van der Waals surface area contributed by atoms with Gasteiger partial charge in [0.05, 0.1) is 0 Å². The summed E-state index contributed by atoms with van der Waals surface area (Å²) in [6.07, 6.45) is 10.3. The molecule has 1 aliphatic rings. The van der Waals surface area contributed by atoms with E-state index in [-0.39, 0.29) is 0 Å². The predicted molar refractivity (Wildman–Crippen MR) is 42.9 cm³/mol. The molecule has 1 aliphatic carbocycles. The molecule has 0 saturated carbocycles. The Morgan fingerprint density at radius 3 is 2.30 bits per heavy atom. The molecule has 0 saturated heterocycles. The molecule has 0 N–H and O–H groups in total. The van der Waals surface area contributed by atoms with E-state index in [1.807, 2.05) is 0 Å². The summed E-state index contributed by atoms with van der Waals surface area (Å²) in [5.74, 6) is 0.778. The first-order chi connectivity index (χ1) is 4.79. The Balaban J connectivity index is 2.14. The van der Waals surface area contributed by atoms with Gasteiger partial charge in [-0.3, -0.25) is 0 Å². The Kier molecular flexibility index (Phi) is 3.42. The minimum atomic E-state index is -0.447. The van der Waals surface area contributed by atoms with Crippen LogP contribution in [0.25, 0.3) is 0 Å². The van der Waals surface area contributed by atoms with Crippen LogP contribution in [0, 0.1) is 5.92 Å². The Labute approximate surface area is 69.6 Å². The Hall–Kier alpha value is 0.168. The summed E-state index contributed by atoms with van der Waals surface area (Å²) in [6, 6.07) is 0. The summed E-state index contributed by atoms with van der Waals surface area (Å²) in [6.45, 7) is 0. The summed E-state index contributed by atoms with van der Waals surface area (Å²) >= 11 is -0.447. The molecule has 0 aromatic heterocycles. The molecule has 0 amide bonds. The van der Waals surface area contributed by atoms with Gasteiger partial charge >= 0.3 is 69.4 Å². The summed E-state index contributed by atoms with van der Waals surface area (Å²) in [4.78, 5) is 1.50. The zero-order valence-corrected chi connectivity index (χ0v) is 8.89. The first-order valence-electron chi connectivity index (χ1n) is 3.43. The van der Waals surface area contributed by atoms with Gasteiger partial charge in [0.25, 0.3) is 0 Å². The van der Waals surface area contributed by atoms with Crippen molar-refractivity contribution in [2.24, 2.45) is 5.92 Å². The van der Waals surface area contributed by atoms with Gasteiger partial charge in [0.2, 0.25) is 0 Å². The number of hydrogen-bond donors (Lipinski definition) is 0. The second kappa shape index (κ2) is 4.13. The van der Waals surface area contributed by atoms with Gasteiger partial charge in [0, 0.05) is 0 Å². The van der Waals surface area contributed by atoms with Crippen LogP contribution in [0.1, 0.15) is 6.42 Å². The molecule has 0 radical (unpaired) electrons. The molecule has 10 heavy (non-hydrogen) atoms. The maximum absolute atomic E-state index is 2.44. The van der Waals surface area contributed by atoms with E-state index in [4.69, 9.17) is 0 Å². The second-order valence-corrected chi connectivity index (χ2v) is 9.27. The molecule has 0 heterocycles. The van der Waals surface area contributed by atoms with E-state index in [0.717, 1.165) is 5.92 Å². The number of hydrogen-bond acceptors (Lipinski definition) is 0. The van der Waals surface area contributed by atoms with Gasteiger partial charge in [-0.05, 0) is 0 Å². The molecular weight excluding hydrogens is 303 g/mol. The van der Waals surface area contributed by atoms with Crippen molar-refractivity contribution in [3.05, 3.63) is 24.3 Å². The van der Waals surface area contributed by atoms with Gasteiger partial charge in [-0.15, -0.1) is 0 Å². The van der Waals surface area contributed by atoms with Crippen molar-refractivity contribution in [1.29, 1.82) is 0 Å². The van der Waals surface area contributed by atoms with E-state index >= 15 is 0 Å². The van der Waals surface area contributed by atoms with Gasteiger partial charge in [0.1, 0.15) is 0 Å². The topological polar surface area (TPSA) is 0 Å². The van der Waals surface area contributed by atoms with Crippen molar-refractivity contribution in [2.45, 2.75) is 21.9 Å². The van der Waals surface area contributed by atoms with E-state index in [0.29, 0.717) is 0 Å². The van der Waals surface area contributed by atoms with Crippen LogP contribution in [0.4, 0.5) is 0 Å². The predicted octanol–water partition coefficient (Wildman–Crippen LogP) is 3.25. The molecule has 0 atom stereocenters. The Morgan fingerprint density at radius 2 is 1.80 bits per heavy atom. The quantitative estimate of drug-likeness (QED) is 0.749. The fraction of sp³-hybridized carbons (Fsp3) is 0.556. The maximum atomic E-state index is 2.44. The van der Waals surface area contributed by atoms with Gasteiger partial charge in [-0.25, -0.2) is 0 Å². The zero-order chi connectivity index (χ0) is 7.40. The van der Waals surface area contributed by atoms with Crippen LogP contribution in [0.15, 0.2) is 24.3 Å². The van der Waals surface area contributed by atoms with Crippen LogP contribution in [0.5, 0.6) is 0 Å². The summed E-state index contributed by atoms with van der Waals surface area (Å²) in [7, 11) is 0. The summed E-state index contributed by atoms with van der Waals surface area (Å²) < 4.78 is 0. The van der Waals surface area contributed by atoms with Crippen molar-refractivity contribution >= 4 is 0 Å². The molecule has 0 unspecified atom stereocenters. The van der Waals surface area contributed by atoms with Crippen molar-refractivity contribution in [3.63, 3.8) is 0 Å². The molecule has 0 fully saturated rings. The monoisotopic (exact) mass is 318 g/mol. The van der Waals surface area contributed by atoms with E-state index < -0.39 is 17.3 Å². The normalized spacial score (nSPS) is 18.4. The first-order valence-corrected chi connectivity index (χ1v) is 9.58. The molecule has 0 bridgehead atoms. The Morgan fingerprint density at radius 1 is 1.20 bits per heavy atom. The molecule has 1 rings (SSSR count). The standard InChI is InChI=1S/C7H9.2CH3.Pt/c1-2-7-5-3-4-6-7;;;/h3-7H,1-2H2;2*1H3;. The second-order valence-electron chi connectivity index (χ2n) is 2.64. The minimum absolute atomic E-state index is 0.447. The molecule has 0 nitrogen and oxygen atoms in total. The average Bonchev–Trinajstić information content (AvgIpc) is 2.34. The van der Waals surface area contributed by atoms with E-state index in [1.165, 1.54) is 11.2 Å². The fourth-order valence-electron chi connectivity index (χ4n) is 0.958. The van der Waals surface area contributed by atoms with Crippen LogP contribution in [0.2, 0.25) is 15.4 Å². The van der Waals surface area contributed by atoms with Crippen molar-refractivity contribution in [3.8, 4) is 0 Å². The van der Waals surface area contributed by atoms with Crippen LogP contribution in [0.3, 0.4) is 0 Å². The summed E-state index contributed by atoms with van der Waals surface area (Å²) in [5.41, 5.74) is 0. The van der Waals surface area contributed by atoms with Crippen LogP contribution in [-0.2, 0) is 17.3 Å². The van der Waals surface area contributed by atoms with Crippen LogP contribution in [-0.4, -0.2) is 0 Å². The fourth-order valence-corrected chi connectivity index (χ4v) is 3.03. The molecule has 1 heteroatoms. The molecule has 0 aromatic carbocycles. The van der Waals surface area contributed by atoms with E-state index in [2.05, 4.69) is 34.9 Å². The molecule has 0 aliphatic heterocycles. The van der Waals surface area contributed by atoms with Crippen molar-refractivity contribution in [2.75, 3.05) is 0 Å². The van der Waals surface area contributed by atoms with Gasteiger partial charge in [-0.1, -0.05) is 0 Å². The third-order valence-electron chi connectivity index (χ3n) is 1.57. The summed E-state index contributed by atoms with van der Waals surface area (Å²) in [5, 5.41) is 4.88. The van der Waals surface area contributed by atoms with Gasteiger partial charge in [0.15, 0.2) is 0 Å². The average molecular weight is 318 g/mol. The van der Waals surface area contributed by atoms with Crippen molar-refractivity contribution < 1.29 is 17.3 Å². The SMILES string of the molecule is [CH3][Pt]([CH3])[CH2]CC1C=CC=C1. The molecule has 61 valence electrons. The van der Waals surface area contributed by atoms with Crippen LogP contribution < -0.4 is 0 Å². The van der Waals surface area contributed by atoms with Gasteiger partial charge < -0.3 is 0 Å².